The van der Waals surface area contributed by atoms with E-state index in [4.69, 9.17) is 22.5 Å². The Balaban J connectivity index is 2.11. The summed E-state index contributed by atoms with van der Waals surface area (Å²) >= 11 is 9.36. The van der Waals surface area contributed by atoms with Crippen molar-refractivity contribution in [3.05, 3.63) is 62.6 Å². The molecule has 0 aromatic heterocycles. The molecule has 0 saturated heterocycles. The first-order chi connectivity index (χ1) is 10.0. The molecular formula is C15H15BrClN3O. The first-order valence-corrected chi connectivity index (χ1v) is 7.44. The van der Waals surface area contributed by atoms with Crippen LogP contribution in [0.4, 0.5) is 5.69 Å². The molecule has 4 nitrogen and oxygen atoms in total. The number of rotatable bonds is 4. The Morgan fingerprint density at radius 2 is 2.10 bits per heavy atom. The van der Waals surface area contributed by atoms with E-state index < -0.39 is 0 Å². The molecule has 6 heteroatoms. The van der Waals surface area contributed by atoms with Gasteiger partial charge in [-0.15, -0.1) is 0 Å². The van der Waals surface area contributed by atoms with E-state index in [0.29, 0.717) is 17.1 Å². The van der Waals surface area contributed by atoms with Gasteiger partial charge in [0.15, 0.2) is 5.84 Å². The lowest BCUT2D eigenvalue weighted by molar-refractivity contribution is 0.318. The minimum Gasteiger partial charge on any atom is -0.409 e. The number of anilines is 1. The average molecular weight is 369 g/mol. The number of halogens is 2. The van der Waals surface area contributed by atoms with E-state index in [-0.39, 0.29) is 5.84 Å². The lowest BCUT2D eigenvalue weighted by Gasteiger charge is -2.11. The fourth-order valence-corrected chi connectivity index (χ4v) is 2.41. The molecule has 2 aromatic carbocycles. The van der Waals surface area contributed by atoms with Gasteiger partial charge in [-0.1, -0.05) is 28.9 Å². The van der Waals surface area contributed by atoms with Crippen molar-refractivity contribution in [2.45, 2.75) is 13.5 Å². The maximum absolute atomic E-state index is 8.68. The van der Waals surface area contributed by atoms with Gasteiger partial charge in [0.1, 0.15) is 0 Å². The summed E-state index contributed by atoms with van der Waals surface area (Å²) in [5, 5.41) is 15.7. The van der Waals surface area contributed by atoms with Crippen molar-refractivity contribution in [2.24, 2.45) is 10.9 Å². The highest BCUT2D eigenvalue weighted by Crippen LogP contribution is 2.26. The van der Waals surface area contributed by atoms with Gasteiger partial charge < -0.3 is 16.3 Å². The van der Waals surface area contributed by atoms with E-state index in [1.807, 2.05) is 43.3 Å². The van der Waals surface area contributed by atoms with E-state index in [1.54, 1.807) is 0 Å². The average Bonchev–Trinajstić information content (AvgIpc) is 2.48. The van der Waals surface area contributed by atoms with Crippen LogP contribution in [0.15, 0.2) is 46.0 Å². The summed E-state index contributed by atoms with van der Waals surface area (Å²) in [5.41, 5.74) is 9.46. The Labute approximate surface area is 136 Å². The van der Waals surface area contributed by atoms with Crippen molar-refractivity contribution in [3.8, 4) is 0 Å². The molecule has 0 aliphatic carbocycles. The van der Waals surface area contributed by atoms with Gasteiger partial charge in [-0.3, -0.25) is 0 Å². The normalized spacial score (nSPS) is 11.5. The monoisotopic (exact) mass is 367 g/mol. The molecular weight excluding hydrogens is 354 g/mol. The fraction of sp³-hybridized carbons (Fsp3) is 0.133. The fourth-order valence-electron chi connectivity index (χ4n) is 1.91. The van der Waals surface area contributed by atoms with Gasteiger partial charge in [-0.05, 0) is 58.2 Å². The third-order valence-electron chi connectivity index (χ3n) is 3.15. The zero-order valence-electron chi connectivity index (χ0n) is 11.4. The summed E-state index contributed by atoms with van der Waals surface area (Å²) in [5.74, 6) is 0.110. The van der Waals surface area contributed by atoms with Crippen molar-refractivity contribution >= 4 is 39.1 Å². The second-order valence-electron chi connectivity index (χ2n) is 4.61. The number of nitrogens with one attached hydrogen (secondary N) is 1. The highest BCUT2D eigenvalue weighted by molar-refractivity contribution is 9.10. The smallest absolute Gasteiger partial charge is 0.170 e. The van der Waals surface area contributed by atoms with E-state index in [2.05, 4.69) is 26.4 Å². The van der Waals surface area contributed by atoms with Gasteiger partial charge in [0.05, 0.1) is 5.02 Å². The number of hydrogen-bond acceptors (Lipinski definition) is 3. The maximum Gasteiger partial charge on any atom is 0.170 e. The molecule has 0 heterocycles. The number of amidine groups is 1. The number of oxime groups is 1. The predicted octanol–water partition coefficient (Wildman–Crippen LogP) is 4.12. The first kappa shape index (κ1) is 15.7. The molecule has 2 rings (SSSR count). The van der Waals surface area contributed by atoms with Crippen LogP contribution in [0.25, 0.3) is 0 Å². The molecule has 0 aliphatic heterocycles. The number of nitrogens with two attached hydrogens (primary N) is 1. The third-order valence-corrected chi connectivity index (χ3v) is 4.36. The Hall–Kier alpha value is -1.72. The Morgan fingerprint density at radius 3 is 2.71 bits per heavy atom. The minimum absolute atomic E-state index is 0.110. The molecule has 110 valence electrons. The molecule has 0 radical (unpaired) electrons. The number of nitrogens with zero attached hydrogens (tertiary/aromatic N) is 1. The molecule has 0 unspecified atom stereocenters. The van der Waals surface area contributed by atoms with Crippen LogP contribution in [0.3, 0.4) is 0 Å². The summed E-state index contributed by atoms with van der Waals surface area (Å²) in [4.78, 5) is 0. The molecule has 0 bridgehead atoms. The minimum atomic E-state index is 0.110. The molecule has 0 amide bonds. The topological polar surface area (TPSA) is 70.6 Å². The van der Waals surface area contributed by atoms with E-state index in [1.165, 1.54) is 0 Å². The molecule has 0 spiro atoms. The Kier molecular flexibility index (Phi) is 5.09. The summed E-state index contributed by atoms with van der Waals surface area (Å²) < 4.78 is 0.855. The van der Waals surface area contributed by atoms with Gasteiger partial charge in [0.25, 0.3) is 0 Å². The highest BCUT2D eigenvalue weighted by Gasteiger charge is 2.04. The van der Waals surface area contributed by atoms with E-state index in [9.17, 15) is 0 Å². The van der Waals surface area contributed by atoms with Crippen LogP contribution in [-0.4, -0.2) is 11.0 Å². The lowest BCUT2D eigenvalue weighted by Crippen LogP contribution is -2.13. The zero-order valence-corrected chi connectivity index (χ0v) is 13.7. The van der Waals surface area contributed by atoms with Crippen LogP contribution in [-0.2, 0) is 6.54 Å². The third kappa shape index (κ3) is 3.89. The van der Waals surface area contributed by atoms with Crippen molar-refractivity contribution < 1.29 is 5.21 Å². The number of benzene rings is 2. The Morgan fingerprint density at radius 1 is 1.33 bits per heavy atom. The summed E-state index contributed by atoms with van der Waals surface area (Å²) in [6.07, 6.45) is 0. The van der Waals surface area contributed by atoms with Gasteiger partial charge >= 0.3 is 0 Å². The second-order valence-corrected chi connectivity index (χ2v) is 5.87. The summed E-state index contributed by atoms with van der Waals surface area (Å²) in [6, 6.07) is 11.4. The van der Waals surface area contributed by atoms with Gasteiger partial charge in [-0.2, -0.15) is 0 Å². The molecule has 4 N–H and O–H groups in total. The first-order valence-electron chi connectivity index (χ1n) is 6.27. The molecule has 21 heavy (non-hydrogen) atoms. The highest BCUT2D eigenvalue weighted by atomic mass is 79.9. The number of aryl methyl sites for hydroxylation is 1. The zero-order chi connectivity index (χ0) is 15.4. The van der Waals surface area contributed by atoms with Crippen molar-refractivity contribution in [1.82, 2.24) is 0 Å². The molecule has 2 aromatic rings. The summed E-state index contributed by atoms with van der Waals surface area (Å²) in [6.45, 7) is 2.67. The Bertz CT molecular complexity index is 689. The predicted molar refractivity (Wildman–Crippen MR) is 90.2 cm³/mol. The maximum atomic E-state index is 8.68. The van der Waals surface area contributed by atoms with E-state index in [0.717, 1.165) is 21.3 Å². The van der Waals surface area contributed by atoms with Gasteiger partial charge in [0, 0.05) is 22.3 Å². The second kappa shape index (κ2) is 6.83. The quantitative estimate of drug-likeness (QED) is 0.329. The molecule has 0 saturated carbocycles. The number of hydrogen-bond donors (Lipinski definition) is 3. The van der Waals surface area contributed by atoms with Crippen LogP contribution in [0.2, 0.25) is 5.02 Å². The van der Waals surface area contributed by atoms with Crippen LogP contribution >= 0.6 is 27.5 Å². The molecule has 0 fully saturated rings. The van der Waals surface area contributed by atoms with Crippen molar-refractivity contribution in [1.29, 1.82) is 0 Å². The molecule has 0 atom stereocenters. The van der Waals surface area contributed by atoms with Gasteiger partial charge in [-0.25, -0.2) is 0 Å². The SMILES string of the molecule is Cc1cc(/C(N)=N/O)ccc1CNc1ccc(Cl)c(Br)c1. The standard InChI is InChI=1S/C15H15BrClN3O/c1-9-6-10(15(18)20-21)2-3-11(9)8-19-12-4-5-14(17)13(16)7-12/h2-7,19,21H,8H2,1H3,(H2,18,20). The van der Waals surface area contributed by atoms with Crippen LogP contribution in [0.1, 0.15) is 16.7 Å². The van der Waals surface area contributed by atoms with Crippen LogP contribution in [0.5, 0.6) is 0 Å². The van der Waals surface area contributed by atoms with Crippen LogP contribution in [0, 0.1) is 6.92 Å². The largest absolute Gasteiger partial charge is 0.409 e. The van der Waals surface area contributed by atoms with Crippen LogP contribution < -0.4 is 11.1 Å². The van der Waals surface area contributed by atoms with E-state index >= 15 is 0 Å². The summed E-state index contributed by atoms with van der Waals surface area (Å²) in [7, 11) is 0. The lowest BCUT2D eigenvalue weighted by atomic mass is 10.0. The van der Waals surface area contributed by atoms with Crippen molar-refractivity contribution in [3.63, 3.8) is 0 Å². The van der Waals surface area contributed by atoms with Crippen molar-refractivity contribution in [2.75, 3.05) is 5.32 Å². The molecule has 0 aliphatic rings. The van der Waals surface area contributed by atoms with Gasteiger partial charge in [0.2, 0.25) is 0 Å².